The average Bonchev–Trinajstić information content (AvgIpc) is 2.98. The number of anilines is 1. The highest BCUT2D eigenvalue weighted by atomic mass is 16.5. The first-order valence-corrected chi connectivity index (χ1v) is 8.08. The van der Waals surface area contributed by atoms with Crippen LogP contribution in [0.3, 0.4) is 0 Å². The first-order chi connectivity index (χ1) is 11.0. The molecule has 2 aromatic rings. The van der Waals surface area contributed by atoms with Crippen LogP contribution in [-0.4, -0.2) is 48.1 Å². The molecule has 1 atom stereocenters. The highest BCUT2D eigenvalue weighted by Crippen LogP contribution is 2.24. The number of hydrogen-bond donors (Lipinski definition) is 1. The Balaban J connectivity index is 1.71. The average molecular weight is 317 g/mol. The van der Waals surface area contributed by atoms with E-state index < -0.39 is 0 Å². The number of ether oxygens (including phenoxy) is 1. The quantitative estimate of drug-likeness (QED) is 0.939. The molecule has 6 nitrogen and oxygen atoms in total. The van der Waals surface area contributed by atoms with Gasteiger partial charge < -0.3 is 19.4 Å². The zero-order valence-electron chi connectivity index (χ0n) is 13.8. The maximum absolute atomic E-state index is 12.4. The molecule has 1 aliphatic heterocycles. The van der Waals surface area contributed by atoms with E-state index >= 15 is 0 Å². The maximum atomic E-state index is 12.4. The number of carbonyl (C=O) groups excluding carboxylic acids is 1. The van der Waals surface area contributed by atoms with Gasteiger partial charge in [0.1, 0.15) is 11.6 Å². The SMILES string of the molecule is CC(Nc1ccc2oc(C(C)C)nc2c1)C(=O)N1CCOCC1. The van der Waals surface area contributed by atoms with Crippen molar-refractivity contribution >= 4 is 22.7 Å². The second kappa shape index (κ2) is 6.58. The molecule has 1 aromatic carbocycles. The molecule has 1 N–H and O–H groups in total. The Morgan fingerprint density at radius 2 is 2.00 bits per heavy atom. The Bertz CT molecular complexity index is 689. The van der Waals surface area contributed by atoms with Gasteiger partial charge in [-0.25, -0.2) is 4.98 Å². The van der Waals surface area contributed by atoms with Crippen LogP contribution < -0.4 is 5.32 Å². The molecule has 3 rings (SSSR count). The number of carbonyl (C=O) groups is 1. The second-order valence-corrected chi connectivity index (χ2v) is 6.19. The summed E-state index contributed by atoms with van der Waals surface area (Å²) < 4.78 is 11.0. The lowest BCUT2D eigenvalue weighted by atomic mass is 10.2. The van der Waals surface area contributed by atoms with Gasteiger partial charge in [0.25, 0.3) is 0 Å². The minimum absolute atomic E-state index is 0.0939. The molecule has 1 aliphatic rings. The monoisotopic (exact) mass is 317 g/mol. The molecule has 124 valence electrons. The van der Waals surface area contributed by atoms with Crippen LogP contribution >= 0.6 is 0 Å². The van der Waals surface area contributed by atoms with Crippen molar-refractivity contribution < 1.29 is 13.9 Å². The predicted molar refractivity (Wildman–Crippen MR) is 88.6 cm³/mol. The summed E-state index contributed by atoms with van der Waals surface area (Å²) in [6.45, 7) is 8.52. The maximum Gasteiger partial charge on any atom is 0.244 e. The third-order valence-corrected chi connectivity index (χ3v) is 3.97. The van der Waals surface area contributed by atoms with Crippen molar-refractivity contribution in [3.8, 4) is 0 Å². The van der Waals surface area contributed by atoms with E-state index in [2.05, 4.69) is 10.3 Å². The normalized spacial score (nSPS) is 16.8. The Morgan fingerprint density at radius 3 is 2.70 bits per heavy atom. The van der Waals surface area contributed by atoms with Gasteiger partial charge in [0.2, 0.25) is 5.91 Å². The van der Waals surface area contributed by atoms with Gasteiger partial charge in [-0.3, -0.25) is 4.79 Å². The van der Waals surface area contributed by atoms with Crippen molar-refractivity contribution in [2.24, 2.45) is 0 Å². The summed E-state index contributed by atoms with van der Waals surface area (Å²) in [5, 5.41) is 3.26. The Kier molecular flexibility index (Phi) is 4.52. The zero-order valence-corrected chi connectivity index (χ0v) is 13.8. The summed E-state index contributed by atoms with van der Waals surface area (Å²) in [4.78, 5) is 18.8. The van der Waals surface area contributed by atoms with Gasteiger partial charge in [0, 0.05) is 24.7 Å². The summed E-state index contributed by atoms with van der Waals surface area (Å²) in [5.41, 5.74) is 2.45. The molecule has 0 spiro atoms. The van der Waals surface area contributed by atoms with Crippen molar-refractivity contribution in [2.45, 2.75) is 32.7 Å². The summed E-state index contributed by atoms with van der Waals surface area (Å²) in [6, 6.07) is 5.44. The molecule has 0 radical (unpaired) electrons. The van der Waals surface area contributed by atoms with Gasteiger partial charge in [0.05, 0.1) is 13.2 Å². The second-order valence-electron chi connectivity index (χ2n) is 6.19. The number of nitrogens with one attached hydrogen (secondary N) is 1. The molecule has 6 heteroatoms. The van der Waals surface area contributed by atoms with Crippen molar-refractivity contribution in [2.75, 3.05) is 31.6 Å². The largest absolute Gasteiger partial charge is 0.440 e. The molecule has 0 aliphatic carbocycles. The fourth-order valence-electron chi connectivity index (χ4n) is 2.65. The minimum Gasteiger partial charge on any atom is -0.440 e. The highest BCUT2D eigenvalue weighted by molar-refractivity contribution is 5.85. The predicted octanol–water partition coefficient (Wildman–Crippen LogP) is 2.61. The summed E-state index contributed by atoms with van der Waals surface area (Å²) in [7, 11) is 0. The third kappa shape index (κ3) is 3.47. The molecule has 1 fully saturated rings. The summed E-state index contributed by atoms with van der Waals surface area (Å²) >= 11 is 0. The van der Waals surface area contributed by atoms with Gasteiger partial charge in [0.15, 0.2) is 11.5 Å². The van der Waals surface area contributed by atoms with Gasteiger partial charge in [-0.2, -0.15) is 0 Å². The van der Waals surface area contributed by atoms with E-state index in [1.807, 2.05) is 43.9 Å². The van der Waals surface area contributed by atoms with Crippen LogP contribution in [0.15, 0.2) is 22.6 Å². The molecule has 1 aromatic heterocycles. The van der Waals surface area contributed by atoms with Crippen LogP contribution in [0.25, 0.3) is 11.1 Å². The topological polar surface area (TPSA) is 67.6 Å². The lowest BCUT2D eigenvalue weighted by Crippen LogP contribution is -2.46. The molecule has 1 amide bonds. The molecule has 23 heavy (non-hydrogen) atoms. The number of benzene rings is 1. The van der Waals surface area contributed by atoms with Gasteiger partial charge in [-0.15, -0.1) is 0 Å². The standard InChI is InChI=1S/C17H23N3O3/c1-11(2)16-19-14-10-13(4-5-15(14)23-16)18-12(3)17(21)20-6-8-22-9-7-20/h4-5,10-12,18H,6-9H2,1-3H3. The Hall–Kier alpha value is -2.08. The third-order valence-electron chi connectivity index (χ3n) is 3.97. The molecular formula is C17H23N3O3. The van der Waals surface area contributed by atoms with Crippen molar-refractivity contribution in [3.63, 3.8) is 0 Å². The molecule has 2 heterocycles. The van der Waals surface area contributed by atoms with Crippen LogP contribution in [0.2, 0.25) is 0 Å². The molecule has 0 bridgehead atoms. The molecular weight excluding hydrogens is 294 g/mol. The number of morpholine rings is 1. The van der Waals surface area contributed by atoms with Crippen LogP contribution in [0, 0.1) is 0 Å². The fraction of sp³-hybridized carbons (Fsp3) is 0.529. The lowest BCUT2D eigenvalue weighted by Gasteiger charge is -2.29. The van der Waals surface area contributed by atoms with E-state index in [1.165, 1.54) is 0 Å². The Morgan fingerprint density at radius 1 is 1.26 bits per heavy atom. The number of hydrogen-bond acceptors (Lipinski definition) is 5. The van der Waals surface area contributed by atoms with Crippen molar-refractivity contribution in [1.29, 1.82) is 0 Å². The van der Waals surface area contributed by atoms with Gasteiger partial charge in [-0.05, 0) is 25.1 Å². The van der Waals surface area contributed by atoms with Crippen LogP contribution in [-0.2, 0) is 9.53 Å². The Labute approximate surface area is 135 Å². The van der Waals surface area contributed by atoms with E-state index in [4.69, 9.17) is 9.15 Å². The number of fused-ring (bicyclic) bond motifs is 1. The van der Waals surface area contributed by atoms with Crippen LogP contribution in [0.5, 0.6) is 0 Å². The smallest absolute Gasteiger partial charge is 0.244 e. The number of oxazole rings is 1. The highest BCUT2D eigenvalue weighted by Gasteiger charge is 2.22. The summed E-state index contributed by atoms with van der Waals surface area (Å²) in [5.74, 6) is 1.08. The van der Waals surface area contributed by atoms with Crippen molar-refractivity contribution in [3.05, 3.63) is 24.1 Å². The molecule has 0 saturated carbocycles. The summed E-state index contributed by atoms with van der Waals surface area (Å²) in [6.07, 6.45) is 0. The first-order valence-electron chi connectivity index (χ1n) is 8.08. The fourth-order valence-corrected chi connectivity index (χ4v) is 2.65. The number of rotatable bonds is 4. The van der Waals surface area contributed by atoms with E-state index in [1.54, 1.807) is 0 Å². The van der Waals surface area contributed by atoms with Crippen molar-refractivity contribution in [1.82, 2.24) is 9.88 Å². The van der Waals surface area contributed by atoms with Gasteiger partial charge >= 0.3 is 0 Å². The number of amides is 1. The number of aromatic nitrogens is 1. The van der Waals surface area contributed by atoms with Gasteiger partial charge in [-0.1, -0.05) is 13.8 Å². The first kappa shape index (κ1) is 15.8. The molecule has 1 unspecified atom stereocenters. The number of nitrogens with zero attached hydrogens (tertiary/aromatic N) is 2. The lowest BCUT2D eigenvalue weighted by molar-refractivity contribution is -0.135. The minimum atomic E-state index is -0.290. The molecule has 1 saturated heterocycles. The van der Waals surface area contributed by atoms with E-state index in [0.29, 0.717) is 26.3 Å². The van der Waals surface area contributed by atoms with Crippen LogP contribution in [0.1, 0.15) is 32.6 Å². The van der Waals surface area contributed by atoms with E-state index in [-0.39, 0.29) is 17.9 Å². The van der Waals surface area contributed by atoms with Crippen LogP contribution in [0.4, 0.5) is 5.69 Å². The van der Waals surface area contributed by atoms with E-state index in [0.717, 1.165) is 22.7 Å². The zero-order chi connectivity index (χ0) is 16.4. The van der Waals surface area contributed by atoms with E-state index in [9.17, 15) is 4.79 Å².